The number of fused-ring (bicyclic) bond motifs is 1. The van der Waals surface area contributed by atoms with Crippen LogP contribution in [0.25, 0.3) is 11.1 Å². The Hall–Kier alpha value is -2.15. The van der Waals surface area contributed by atoms with Gasteiger partial charge >= 0.3 is 0 Å². The fourth-order valence-corrected chi connectivity index (χ4v) is 3.14. The highest BCUT2D eigenvalue weighted by atomic mass is 35.5. The number of ether oxygens (including phenoxy) is 1. The van der Waals surface area contributed by atoms with E-state index in [0.29, 0.717) is 16.7 Å². The van der Waals surface area contributed by atoms with Crippen LogP contribution in [0.1, 0.15) is 28.9 Å². The van der Waals surface area contributed by atoms with Crippen LogP contribution in [-0.2, 0) is 6.54 Å². The van der Waals surface area contributed by atoms with Gasteiger partial charge in [-0.25, -0.2) is 13.5 Å². The zero-order valence-electron chi connectivity index (χ0n) is 13.5. The molecule has 8 heteroatoms. The minimum Gasteiger partial charge on any atom is -0.474 e. The number of alkyl halides is 1. The average Bonchev–Trinajstić information content (AvgIpc) is 3.29. The molecule has 1 saturated carbocycles. The van der Waals surface area contributed by atoms with Crippen molar-refractivity contribution in [2.75, 3.05) is 6.61 Å². The summed E-state index contributed by atoms with van der Waals surface area (Å²) in [6, 6.07) is 2.88. The first-order valence-electron chi connectivity index (χ1n) is 8.08. The third-order valence-electron chi connectivity index (χ3n) is 4.34. The summed E-state index contributed by atoms with van der Waals surface area (Å²) >= 11 is 5.83. The Labute approximate surface area is 147 Å². The summed E-state index contributed by atoms with van der Waals surface area (Å²) in [7, 11) is 0. The highest BCUT2D eigenvalue weighted by molar-refractivity contribution is 6.30. The molecule has 5 nitrogen and oxygen atoms in total. The number of nitrogens with one attached hydrogen (secondary N) is 1. The lowest BCUT2D eigenvalue weighted by Gasteiger charge is -2.19. The number of carbonyl (C=O) groups excluding carboxylic acids is 1. The van der Waals surface area contributed by atoms with Gasteiger partial charge in [0.05, 0.1) is 17.1 Å². The van der Waals surface area contributed by atoms with Crippen LogP contribution in [0, 0.1) is 12.7 Å². The van der Waals surface area contributed by atoms with Crippen molar-refractivity contribution in [3.63, 3.8) is 0 Å². The molecule has 0 radical (unpaired) electrons. The summed E-state index contributed by atoms with van der Waals surface area (Å²) < 4.78 is 34.5. The summed E-state index contributed by atoms with van der Waals surface area (Å²) in [6.45, 7) is 1.62. The predicted octanol–water partition coefficient (Wildman–Crippen LogP) is 3.27. The van der Waals surface area contributed by atoms with Gasteiger partial charge in [-0.15, -0.1) is 0 Å². The van der Waals surface area contributed by atoms with E-state index in [1.165, 1.54) is 16.8 Å². The van der Waals surface area contributed by atoms with Crippen molar-refractivity contribution < 1.29 is 18.3 Å². The number of halogens is 3. The van der Waals surface area contributed by atoms with E-state index in [1.54, 1.807) is 6.92 Å². The van der Waals surface area contributed by atoms with Crippen molar-refractivity contribution in [3.05, 3.63) is 34.2 Å². The Morgan fingerprint density at radius 1 is 1.44 bits per heavy atom. The third kappa shape index (κ3) is 2.97. The van der Waals surface area contributed by atoms with Gasteiger partial charge in [0, 0.05) is 6.04 Å². The van der Waals surface area contributed by atoms with Crippen LogP contribution in [-0.4, -0.2) is 34.5 Å². The fraction of sp³-hybridized carbons (Fsp3) is 0.412. The fourth-order valence-electron chi connectivity index (χ4n) is 2.93. The summed E-state index contributed by atoms with van der Waals surface area (Å²) in [5.74, 6) is -0.692. The van der Waals surface area contributed by atoms with Crippen molar-refractivity contribution in [2.45, 2.75) is 38.5 Å². The number of aromatic nitrogens is 2. The number of hydrogen-bond donors (Lipinski definition) is 1. The van der Waals surface area contributed by atoms with E-state index in [-0.39, 0.29) is 41.7 Å². The van der Waals surface area contributed by atoms with Crippen molar-refractivity contribution in [2.24, 2.45) is 0 Å². The quantitative estimate of drug-likeness (QED) is 0.905. The second-order valence-electron chi connectivity index (χ2n) is 6.45. The SMILES string of the molecule is Cc1cc(Cl)c(F)cc1-c1c(C(=O)NC2CC2)nn2c1OC[C@H](F)C2. The molecule has 0 bridgehead atoms. The number of hydrogen-bond acceptors (Lipinski definition) is 3. The van der Waals surface area contributed by atoms with Gasteiger partial charge in [0.1, 0.15) is 12.4 Å². The molecule has 132 valence electrons. The maximum atomic E-state index is 14.0. The molecule has 1 atom stereocenters. The Balaban J connectivity index is 1.87. The Kier molecular flexibility index (Phi) is 3.91. The van der Waals surface area contributed by atoms with E-state index in [4.69, 9.17) is 16.3 Å². The molecule has 1 fully saturated rings. The molecule has 1 amide bonds. The molecular weight excluding hydrogens is 352 g/mol. The summed E-state index contributed by atoms with van der Waals surface area (Å²) in [5.41, 5.74) is 1.62. The minimum atomic E-state index is -1.21. The molecule has 1 aromatic carbocycles. The molecule has 1 aliphatic heterocycles. The highest BCUT2D eigenvalue weighted by Crippen LogP contribution is 2.39. The first-order chi connectivity index (χ1) is 11.9. The predicted molar refractivity (Wildman–Crippen MR) is 88.2 cm³/mol. The molecule has 4 rings (SSSR count). The number of nitrogens with zero attached hydrogens (tertiary/aromatic N) is 2. The smallest absolute Gasteiger partial charge is 0.272 e. The molecular formula is C17H16ClF2N3O2. The van der Waals surface area contributed by atoms with Gasteiger partial charge in [0.25, 0.3) is 5.91 Å². The topological polar surface area (TPSA) is 56.2 Å². The van der Waals surface area contributed by atoms with Crippen LogP contribution in [0.4, 0.5) is 8.78 Å². The molecule has 1 N–H and O–H groups in total. The minimum absolute atomic E-state index is 0.00370. The lowest BCUT2D eigenvalue weighted by Crippen LogP contribution is -2.27. The van der Waals surface area contributed by atoms with Crippen LogP contribution in [0.15, 0.2) is 12.1 Å². The molecule has 25 heavy (non-hydrogen) atoms. The number of benzene rings is 1. The molecule has 0 saturated heterocycles. The molecule has 1 aliphatic carbocycles. The van der Waals surface area contributed by atoms with Gasteiger partial charge in [0.2, 0.25) is 5.88 Å². The van der Waals surface area contributed by atoms with Crippen LogP contribution >= 0.6 is 11.6 Å². The summed E-state index contributed by atoms with van der Waals surface area (Å²) in [4.78, 5) is 12.6. The largest absolute Gasteiger partial charge is 0.474 e. The molecule has 2 heterocycles. The van der Waals surface area contributed by atoms with Gasteiger partial charge in [0.15, 0.2) is 11.9 Å². The van der Waals surface area contributed by atoms with Crippen LogP contribution < -0.4 is 10.1 Å². The Morgan fingerprint density at radius 2 is 2.20 bits per heavy atom. The van der Waals surface area contributed by atoms with Crippen LogP contribution in [0.3, 0.4) is 0 Å². The molecule has 0 spiro atoms. The molecule has 1 aromatic heterocycles. The van der Waals surface area contributed by atoms with Gasteiger partial charge in [-0.2, -0.15) is 5.10 Å². The zero-order valence-corrected chi connectivity index (χ0v) is 14.2. The lowest BCUT2D eigenvalue weighted by atomic mass is 9.99. The van der Waals surface area contributed by atoms with Crippen molar-refractivity contribution >= 4 is 17.5 Å². The van der Waals surface area contributed by atoms with Crippen molar-refractivity contribution in [1.82, 2.24) is 15.1 Å². The average molecular weight is 368 g/mol. The Bertz CT molecular complexity index is 864. The van der Waals surface area contributed by atoms with E-state index < -0.39 is 12.0 Å². The number of aryl methyl sites for hydroxylation is 1. The monoisotopic (exact) mass is 367 g/mol. The summed E-state index contributed by atoms with van der Waals surface area (Å²) in [5, 5.41) is 7.09. The van der Waals surface area contributed by atoms with E-state index >= 15 is 0 Å². The van der Waals surface area contributed by atoms with E-state index in [0.717, 1.165) is 12.8 Å². The second-order valence-corrected chi connectivity index (χ2v) is 6.86. The molecule has 2 aromatic rings. The van der Waals surface area contributed by atoms with E-state index in [1.807, 2.05) is 0 Å². The standard InChI is InChI=1S/C17H16ClF2N3O2/c1-8-4-12(18)13(20)5-11(8)14-15(16(24)21-10-2-3-10)22-23-6-9(19)7-25-17(14)23/h4-5,9-10H,2-3,6-7H2,1H3,(H,21,24)/t9-/m1/s1. The van der Waals surface area contributed by atoms with Gasteiger partial charge in [-0.05, 0) is 43.0 Å². The zero-order chi connectivity index (χ0) is 17.7. The normalized spacial score (nSPS) is 19.3. The first-order valence-corrected chi connectivity index (χ1v) is 8.46. The van der Waals surface area contributed by atoms with E-state index in [2.05, 4.69) is 10.4 Å². The van der Waals surface area contributed by atoms with Crippen LogP contribution in [0.2, 0.25) is 5.02 Å². The lowest BCUT2D eigenvalue weighted by molar-refractivity contribution is 0.0944. The van der Waals surface area contributed by atoms with Crippen LogP contribution in [0.5, 0.6) is 5.88 Å². The Morgan fingerprint density at radius 3 is 2.92 bits per heavy atom. The maximum Gasteiger partial charge on any atom is 0.272 e. The first kappa shape index (κ1) is 16.3. The number of carbonyl (C=O) groups is 1. The van der Waals surface area contributed by atoms with Gasteiger partial charge in [-0.3, -0.25) is 4.79 Å². The van der Waals surface area contributed by atoms with Crippen molar-refractivity contribution in [1.29, 1.82) is 0 Å². The molecule has 0 unspecified atom stereocenters. The van der Waals surface area contributed by atoms with Gasteiger partial charge in [-0.1, -0.05) is 11.6 Å². The second kappa shape index (κ2) is 5.98. The van der Waals surface area contributed by atoms with E-state index in [9.17, 15) is 13.6 Å². The third-order valence-corrected chi connectivity index (χ3v) is 4.63. The molecule has 2 aliphatic rings. The van der Waals surface area contributed by atoms with Gasteiger partial charge < -0.3 is 10.1 Å². The number of amides is 1. The highest BCUT2D eigenvalue weighted by Gasteiger charge is 2.33. The number of rotatable bonds is 3. The summed E-state index contributed by atoms with van der Waals surface area (Å²) in [6.07, 6.45) is 0.640. The maximum absolute atomic E-state index is 14.0. The van der Waals surface area contributed by atoms with Crippen molar-refractivity contribution in [3.8, 4) is 17.0 Å².